The minimum atomic E-state index is -0.00873. The molecule has 21 heavy (non-hydrogen) atoms. The molecule has 0 atom stereocenters. The zero-order valence-electron chi connectivity index (χ0n) is 12.5. The van der Waals surface area contributed by atoms with Crippen LogP contribution in [0, 0.1) is 6.92 Å². The van der Waals surface area contributed by atoms with Crippen molar-refractivity contribution in [1.29, 1.82) is 0 Å². The topological polar surface area (TPSA) is 61.0 Å². The molecule has 0 spiro atoms. The Hall–Kier alpha value is -1.88. The maximum absolute atomic E-state index is 12.1. The number of imidazole rings is 1. The fourth-order valence-electron chi connectivity index (χ4n) is 2.89. The van der Waals surface area contributed by atoms with Crippen molar-refractivity contribution in [3.63, 3.8) is 0 Å². The van der Waals surface area contributed by atoms with Crippen LogP contribution in [0.1, 0.15) is 35.4 Å². The summed E-state index contributed by atoms with van der Waals surface area (Å²) in [5.41, 5.74) is 2.50. The summed E-state index contributed by atoms with van der Waals surface area (Å²) >= 11 is 0. The second kappa shape index (κ2) is 6.26. The first kappa shape index (κ1) is 14.1. The van der Waals surface area contributed by atoms with Crippen LogP contribution in [0.2, 0.25) is 0 Å². The van der Waals surface area contributed by atoms with Crippen molar-refractivity contribution in [2.24, 2.45) is 0 Å². The van der Waals surface area contributed by atoms with Crippen LogP contribution in [-0.4, -0.2) is 47.0 Å². The Morgan fingerprint density at radius 1 is 1.38 bits per heavy atom. The van der Waals surface area contributed by atoms with E-state index in [0.717, 1.165) is 36.4 Å². The normalized spacial score (nSPS) is 15.7. The van der Waals surface area contributed by atoms with Crippen molar-refractivity contribution in [1.82, 2.24) is 20.2 Å². The molecule has 3 rings (SSSR count). The number of carbonyl (C=O) groups excluding carboxylic acids is 1. The second-order valence-corrected chi connectivity index (χ2v) is 5.71. The van der Waals surface area contributed by atoms with Gasteiger partial charge in [0.25, 0.3) is 5.91 Å². The Labute approximate surface area is 124 Å². The molecule has 0 unspecified atom stereocenters. The number of aryl methyl sites for hydroxylation is 1. The second-order valence-electron chi connectivity index (χ2n) is 5.71. The Morgan fingerprint density at radius 3 is 3.00 bits per heavy atom. The van der Waals surface area contributed by atoms with Gasteiger partial charge in [0, 0.05) is 12.1 Å². The maximum atomic E-state index is 12.1. The molecular formula is C16H22N4O. The molecule has 0 radical (unpaired) electrons. The molecule has 2 N–H and O–H groups in total. The molecule has 5 heteroatoms. The number of likely N-dealkylation sites (tertiary alicyclic amines) is 1. The molecule has 1 aromatic carbocycles. The Bertz CT molecular complexity index is 628. The summed E-state index contributed by atoms with van der Waals surface area (Å²) in [6.07, 6.45) is 3.64. The number of rotatable bonds is 5. The minimum absolute atomic E-state index is 0.00873. The molecule has 5 nitrogen and oxygen atoms in total. The predicted molar refractivity (Wildman–Crippen MR) is 83.5 cm³/mol. The van der Waals surface area contributed by atoms with Gasteiger partial charge in [0.15, 0.2) is 0 Å². The lowest BCUT2D eigenvalue weighted by Crippen LogP contribution is -2.28. The first-order valence-corrected chi connectivity index (χ1v) is 7.69. The number of nitrogens with one attached hydrogen (secondary N) is 2. The van der Waals surface area contributed by atoms with Gasteiger partial charge in [-0.2, -0.15) is 0 Å². The van der Waals surface area contributed by atoms with Crippen LogP contribution in [0.15, 0.2) is 18.2 Å². The highest BCUT2D eigenvalue weighted by Gasteiger charge is 2.11. The average Bonchev–Trinajstić information content (AvgIpc) is 3.10. The van der Waals surface area contributed by atoms with Gasteiger partial charge in [0.1, 0.15) is 5.82 Å². The zero-order valence-corrected chi connectivity index (χ0v) is 12.5. The lowest BCUT2D eigenvalue weighted by Gasteiger charge is -2.14. The highest BCUT2D eigenvalue weighted by atomic mass is 16.1. The van der Waals surface area contributed by atoms with Crippen molar-refractivity contribution in [2.75, 3.05) is 26.2 Å². The van der Waals surface area contributed by atoms with Gasteiger partial charge in [-0.05, 0) is 64.0 Å². The number of fused-ring (bicyclic) bond motifs is 1. The first-order valence-electron chi connectivity index (χ1n) is 7.69. The number of hydrogen-bond acceptors (Lipinski definition) is 3. The van der Waals surface area contributed by atoms with Crippen LogP contribution in [0.4, 0.5) is 0 Å². The van der Waals surface area contributed by atoms with E-state index >= 15 is 0 Å². The number of carbonyl (C=O) groups is 1. The quantitative estimate of drug-likeness (QED) is 0.827. The third kappa shape index (κ3) is 3.42. The van der Waals surface area contributed by atoms with E-state index in [2.05, 4.69) is 20.2 Å². The predicted octanol–water partition coefficient (Wildman–Crippen LogP) is 2.09. The summed E-state index contributed by atoms with van der Waals surface area (Å²) in [5.74, 6) is 0.860. The van der Waals surface area contributed by atoms with Crippen LogP contribution in [-0.2, 0) is 0 Å². The highest BCUT2D eigenvalue weighted by molar-refractivity contribution is 5.97. The SMILES string of the molecule is Cc1nc2ccc(C(=O)NCCCN3CCCC3)cc2[nH]1. The van der Waals surface area contributed by atoms with Gasteiger partial charge in [-0.15, -0.1) is 0 Å². The van der Waals surface area contributed by atoms with Crippen molar-refractivity contribution in [3.8, 4) is 0 Å². The summed E-state index contributed by atoms with van der Waals surface area (Å²) in [5, 5.41) is 2.99. The first-order chi connectivity index (χ1) is 10.2. The van der Waals surface area contributed by atoms with Gasteiger partial charge >= 0.3 is 0 Å². The van der Waals surface area contributed by atoms with E-state index in [-0.39, 0.29) is 5.91 Å². The van der Waals surface area contributed by atoms with E-state index in [9.17, 15) is 4.79 Å². The molecular weight excluding hydrogens is 264 g/mol. The monoisotopic (exact) mass is 286 g/mol. The lowest BCUT2D eigenvalue weighted by molar-refractivity contribution is 0.0952. The largest absolute Gasteiger partial charge is 0.352 e. The van der Waals surface area contributed by atoms with E-state index < -0.39 is 0 Å². The van der Waals surface area contributed by atoms with Gasteiger partial charge in [-0.3, -0.25) is 4.79 Å². The van der Waals surface area contributed by atoms with Crippen molar-refractivity contribution < 1.29 is 4.79 Å². The summed E-state index contributed by atoms with van der Waals surface area (Å²) in [6, 6.07) is 5.58. The van der Waals surface area contributed by atoms with Gasteiger partial charge in [-0.25, -0.2) is 4.98 Å². The van der Waals surface area contributed by atoms with Gasteiger partial charge in [-0.1, -0.05) is 0 Å². The van der Waals surface area contributed by atoms with Crippen LogP contribution < -0.4 is 5.32 Å². The van der Waals surface area contributed by atoms with E-state index in [1.54, 1.807) is 0 Å². The molecule has 1 aliphatic heterocycles. The fraction of sp³-hybridized carbons (Fsp3) is 0.500. The fourth-order valence-corrected chi connectivity index (χ4v) is 2.89. The van der Waals surface area contributed by atoms with Crippen molar-refractivity contribution in [2.45, 2.75) is 26.2 Å². The molecule has 2 aromatic rings. The third-order valence-electron chi connectivity index (χ3n) is 4.00. The highest BCUT2D eigenvalue weighted by Crippen LogP contribution is 2.13. The van der Waals surface area contributed by atoms with Crippen LogP contribution in [0.25, 0.3) is 11.0 Å². The molecule has 0 bridgehead atoms. The van der Waals surface area contributed by atoms with Crippen LogP contribution in [0.3, 0.4) is 0 Å². The summed E-state index contributed by atoms with van der Waals surface area (Å²) < 4.78 is 0. The smallest absolute Gasteiger partial charge is 0.251 e. The molecule has 1 amide bonds. The van der Waals surface area contributed by atoms with E-state index in [0.29, 0.717) is 5.56 Å². The third-order valence-corrected chi connectivity index (χ3v) is 4.00. The summed E-state index contributed by atoms with van der Waals surface area (Å²) in [6.45, 7) is 6.15. The van der Waals surface area contributed by atoms with E-state index in [1.807, 2.05) is 25.1 Å². The summed E-state index contributed by atoms with van der Waals surface area (Å²) in [4.78, 5) is 22.1. The van der Waals surface area contributed by atoms with E-state index in [1.165, 1.54) is 25.9 Å². The maximum Gasteiger partial charge on any atom is 0.251 e. The molecule has 1 saturated heterocycles. The van der Waals surface area contributed by atoms with Gasteiger partial charge < -0.3 is 15.2 Å². The molecule has 0 saturated carbocycles. The lowest BCUT2D eigenvalue weighted by atomic mass is 10.2. The number of aromatic nitrogens is 2. The number of H-pyrrole nitrogens is 1. The van der Waals surface area contributed by atoms with Crippen molar-refractivity contribution >= 4 is 16.9 Å². The zero-order chi connectivity index (χ0) is 14.7. The van der Waals surface area contributed by atoms with Crippen molar-refractivity contribution in [3.05, 3.63) is 29.6 Å². The number of hydrogen-bond donors (Lipinski definition) is 2. The van der Waals surface area contributed by atoms with Gasteiger partial charge in [0.2, 0.25) is 0 Å². The van der Waals surface area contributed by atoms with Gasteiger partial charge in [0.05, 0.1) is 11.0 Å². The Balaban J connectivity index is 1.51. The van der Waals surface area contributed by atoms with E-state index in [4.69, 9.17) is 0 Å². The molecule has 1 fully saturated rings. The number of benzene rings is 1. The Morgan fingerprint density at radius 2 is 2.19 bits per heavy atom. The molecule has 112 valence electrons. The summed E-state index contributed by atoms with van der Waals surface area (Å²) in [7, 11) is 0. The number of amides is 1. The molecule has 1 aromatic heterocycles. The Kier molecular flexibility index (Phi) is 4.20. The average molecular weight is 286 g/mol. The number of nitrogens with zero attached hydrogens (tertiary/aromatic N) is 2. The molecule has 0 aliphatic carbocycles. The number of aromatic amines is 1. The standard InChI is InChI=1S/C16H22N4O/c1-12-18-14-6-5-13(11-15(14)19-12)16(21)17-7-4-10-20-8-2-3-9-20/h5-6,11H,2-4,7-10H2,1H3,(H,17,21)(H,18,19). The van der Waals surface area contributed by atoms with Crippen LogP contribution >= 0.6 is 0 Å². The van der Waals surface area contributed by atoms with Crippen LogP contribution in [0.5, 0.6) is 0 Å². The molecule has 2 heterocycles. The minimum Gasteiger partial charge on any atom is -0.352 e. The molecule has 1 aliphatic rings.